The number of benzene rings is 1. The third kappa shape index (κ3) is 7.39. The van der Waals surface area contributed by atoms with E-state index in [1.807, 2.05) is 43.7 Å². The summed E-state index contributed by atoms with van der Waals surface area (Å²) in [6.07, 6.45) is 4.98. The molecule has 3 aliphatic heterocycles. The summed E-state index contributed by atoms with van der Waals surface area (Å²) in [4.78, 5) is 65.5. The molecule has 4 aromatic rings. The van der Waals surface area contributed by atoms with Crippen molar-refractivity contribution in [1.29, 1.82) is 0 Å². The molecule has 3 aromatic heterocycles. The first-order valence-electron chi connectivity index (χ1n) is 18.7. The van der Waals surface area contributed by atoms with E-state index in [2.05, 4.69) is 51.3 Å². The number of carbonyl (C=O) groups excluding carboxylic acids is 4. The molecule has 5 atom stereocenters. The number of hydrogen-bond acceptors (Lipinski definition) is 10. The smallest absolute Gasteiger partial charge is 0.407 e. The van der Waals surface area contributed by atoms with Crippen LogP contribution in [-0.4, -0.2) is 95.2 Å². The van der Waals surface area contributed by atoms with E-state index in [4.69, 9.17) is 14.5 Å². The van der Waals surface area contributed by atoms with Crippen molar-refractivity contribution < 1.29 is 28.7 Å². The van der Waals surface area contributed by atoms with Gasteiger partial charge in [-0.05, 0) is 73.3 Å². The molecule has 3 aliphatic rings. The SMILES string of the molecule is COC(=O)NC(C(=O)N1CCC[C@H]1c1ncc(-c2cc3sc(-c4ccc5c(c4)NC([C@@H]4CCCN4C(=O)[C@@H](NC(=O)OC)C(C)C)C5)cc3s2)[nH]1)C(C)C. The maximum absolute atomic E-state index is 13.7. The van der Waals surface area contributed by atoms with Crippen LogP contribution < -0.4 is 16.0 Å². The lowest BCUT2D eigenvalue weighted by atomic mass is 9.98. The largest absolute Gasteiger partial charge is 0.453 e. The van der Waals surface area contributed by atoms with Crippen molar-refractivity contribution in [2.75, 3.05) is 32.6 Å². The van der Waals surface area contributed by atoms with Gasteiger partial charge in [-0.25, -0.2) is 14.6 Å². The van der Waals surface area contributed by atoms with E-state index in [1.54, 1.807) is 22.7 Å². The van der Waals surface area contributed by atoms with Crippen molar-refractivity contribution >= 4 is 61.8 Å². The highest BCUT2D eigenvalue weighted by molar-refractivity contribution is 7.31. The van der Waals surface area contributed by atoms with Crippen LogP contribution in [0, 0.1) is 11.8 Å². The van der Waals surface area contributed by atoms with E-state index in [1.165, 1.54) is 34.1 Å². The number of alkyl carbamates (subject to hydrolysis) is 2. The van der Waals surface area contributed by atoms with E-state index < -0.39 is 24.3 Å². The summed E-state index contributed by atoms with van der Waals surface area (Å²) in [5.74, 6) is 0.407. The number of methoxy groups -OCH3 is 2. The predicted molar refractivity (Wildman–Crippen MR) is 211 cm³/mol. The monoisotopic (exact) mass is 775 g/mol. The maximum atomic E-state index is 13.7. The number of aromatic amines is 1. The summed E-state index contributed by atoms with van der Waals surface area (Å²) in [6.45, 7) is 8.97. The van der Waals surface area contributed by atoms with Gasteiger partial charge in [-0.1, -0.05) is 39.8 Å². The molecule has 288 valence electrons. The number of ether oxygens (including phenoxy) is 2. The Hall–Kier alpha value is -4.63. The van der Waals surface area contributed by atoms with Gasteiger partial charge in [-0.15, -0.1) is 22.7 Å². The number of imidazole rings is 1. The third-order valence-corrected chi connectivity index (χ3v) is 13.3. The van der Waals surface area contributed by atoms with Crippen LogP contribution in [-0.2, 0) is 25.5 Å². The number of nitrogens with zero attached hydrogens (tertiary/aromatic N) is 3. The zero-order chi connectivity index (χ0) is 38.3. The molecule has 2 saturated heterocycles. The van der Waals surface area contributed by atoms with Gasteiger partial charge >= 0.3 is 12.2 Å². The highest BCUT2D eigenvalue weighted by Gasteiger charge is 2.41. The van der Waals surface area contributed by atoms with Crippen LogP contribution in [0.2, 0.25) is 0 Å². The van der Waals surface area contributed by atoms with E-state index >= 15 is 0 Å². The number of amides is 4. The Kier molecular flexibility index (Phi) is 10.9. The molecule has 4 N–H and O–H groups in total. The first-order valence-corrected chi connectivity index (χ1v) is 20.4. The van der Waals surface area contributed by atoms with E-state index in [0.29, 0.717) is 13.1 Å². The number of nitrogens with one attached hydrogen (secondary N) is 4. The number of rotatable bonds is 10. The molecule has 2 unspecified atom stereocenters. The van der Waals surface area contributed by atoms with Crippen molar-refractivity contribution in [3.63, 3.8) is 0 Å². The fraction of sp³-hybridized carbons (Fsp3) is 0.513. The summed E-state index contributed by atoms with van der Waals surface area (Å²) in [5.41, 5.74) is 4.41. The molecule has 13 nitrogen and oxygen atoms in total. The van der Waals surface area contributed by atoms with Gasteiger partial charge < -0.3 is 40.2 Å². The van der Waals surface area contributed by atoms with Crippen molar-refractivity contribution in [2.24, 2.45) is 11.8 Å². The van der Waals surface area contributed by atoms with Crippen molar-refractivity contribution in [1.82, 2.24) is 30.4 Å². The second kappa shape index (κ2) is 15.6. The number of aromatic nitrogens is 2. The molecule has 6 heterocycles. The van der Waals surface area contributed by atoms with Crippen molar-refractivity contribution in [2.45, 2.75) is 90.0 Å². The van der Waals surface area contributed by atoms with Crippen LogP contribution in [0.5, 0.6) is 0 Å². The van der Waals surface area contributed by atoms with Crippen molar-refractivity contribution in [3.05, 3.63) is 47.9 Å². The number of thiophene rings is 2. The summed E-state index contributed by atoms with van der Waals surface area (Å²) >= 11 is 3.47. The van der Waals surface area contributed by atoms with Gasteiger partial charge in [0.2, 0.25) is 11.8 Å². The number of carbonyl (C=O) groups is 4. The van der Waals surface area contributed by atoms with Crippen LogP contribution >= 0.6 is 22.7 Å². The Morgan fingerprint density at radius 1 is 0.833 bits per heavy atom. The third-order valence-electron chi connectivity index (χ3n) is 10.9. The van der Waals surface area contributed by atoms with Crippen LogP contribution in [0.3, 0.4) is 0 Å². The van der Waals surface area contributed by atoms with Gasteiger partial charge in [0, 0.05) is 33.1 Å². The first kappa shape index (κ1) is 37.7. The van der Waals surface area contributed by atoms with Gasteiger partial charge in [-0.3, -0.25) is 9.59 Å². The zero-order valence-electron chi connectivity index (χ0n) is 31.6. The molecular weight excluding hydrogens is 727 g/mol. The summed E-state index contributed by atoms with van der Waals surface area (Å²) < 4.78 is 11.9. The molecular formula is C39H49N7O6S2. The molecule has 4 amide bonds. The number of likely N-dealkylation sites (tertiary alicyclic amines) is 2. The van der Waals surface area contributed by atoms with Gasteiger partial charge in [0.25, 0.3) is 0 Å². The fourth-order valence-electron chi connectivity index (χ4n) is 8.06. The summed E-state index contributed by atoms with van der Waals surface area (Å²) in [7, 11) is 2.61. The van der Waals surface area contributed by atoms with Crippen LogP contribution in [0.1, 0.15) is 70.8 Å². The average molecular weight is 776 g/mol. The molecule has 0 radical (unpaired) electrons. The maximum Gasteiger partial charge on any atom is 0.407 e. The Morgan fingerprint density at radius 3 is 2.11 bits per heavy atom. The van der Waals surface area contributed by atoms with E-state index in [0.717, 1.165) is 59.8 Å². The molecule has 1 aromatic carbocycles. The minimum Gasteiger partial charge on any atom is -0.453 e. The topological polar surface area (TPSA) is 158 Å². The fourth-order valence-corrected chi connectivity index (χ4v) is 10.4. The summed E-state index contributed by atoms with van der Waals surface area (Å²) in [6, 6.07) is 9.70. The average Bonchev–Trinajstić information content (AvgIpc) is 3.99. The Labute approximate surface area is 323 Å². The lowest BCUT2D eigenvalue weighted by Gasteiger charge is -2.33. The first-order chi connectivity index (χ1) is 25.9. The molecule has 54 heavy (non-hydrogen) atoms. The van der Waals surface area contributed by atoms with Gasteiger partial charge in [-0.2, -0.15) is 0 Å². The van der Waals surface area contributed by atoms with E-state index in [-0.39, 0.29) is 41.8 Å². The number of anilines is 1. The van der Waals surface area contributed by atoms with Crippen LogP contribution in [0.25, 0.3) is 30.4 Å². The van der Waals surface area contributed by atoms with Gasteiger partial charge in [0.15, 0.2) is 0 Å². The number of fused-ring (bicyclic) bond motifs is 2. The second-order valence-corrected chi connectivity index (χ2v) is 17.3. The lowest BCUT2D eigenvalue weighted by molar-refractivity contribution is -0.136. The number of H-pyrrole nitrogens is 1. The van der Waals surface area contributed by atoms with E-state index in [9.17, 15) is 19.2 Å². The predicted octanol–water partition coefficient (Wildman–Crippen LogP) is 6.77. The molecule has 0 saturated carbocycles. The molecule has 0 aliphatic carbocycles. The molecule has 0 spiro atoms. The standard InChI is InChI=1S/C39H49N7O6S2/c1-20(2)33(43-38(49)51-5)36(47)45-13-7-9-27(45)25-15-22-11-12-23(16-24(22)41-25)29-17-31-32(53-29)18-30(54-31)26-19-40-35(42-26)28-10-8-14-46(28)37(48)34(21(3)4)44-39(50)52-6/h11-12,16-21,25,27-28,33-34,41H,7-10,13-15H2,1-6H3,(H,40,42)(H,43,49)(H,44,50)/t25?,27-,28-,33-,34?/m0/s1. The normalized spacial score (nSPS) is 20.6. The Morgan fingerprint density at radius 2 is 1.44 bits per heavy atom. The highest BCUT2D eigenvalue weighted by atomic mass is 32.1. The van der Waals surface area contributed by atoms with Gasteiger partial charge in [0.05, 0.1) is 49.1 Å². The summed E-state index contributed by atoms with van der Waals surface area (Å²) in [5, 5.41) is 9.20. The van der Waals surface area contributed by atoms with Crippen molar-refractivity contribution in [3.8, 4) is 21.0 Å². The Bertz CT molecular complexity index is 2010. The molecule has 2 fully saturated rings. The number of hydrogen-bond donors (Lipinski definition) is 4. The second-order valence-electron chi connectivity index (χ2n) is 15.1. The Balaban J connectivity index is 1.03. The minimum atomic E-state index is -0.678. The quantitative estimate of drug-likeness (QED) is 0.138. The molecule has 15 heteroatoms. The molecule has 7 rings (SSSR count). The van der Waals surface area contributed by atoms with Gasteiger partial charge in [0.1, 0.15) is 17.9 Å². The molecule has 0 bridgehead atoms. The zero-order valence-corrected chi connectivity index (χ0v) is 33.2. The van der Waals surface area contributed by atoms with Crippen LogP contribution in [0.4, 0.5) is 15.3 Å². The highest BCUT2D eigenvalue weighted by Crippen LogP contribution is 2.44. The minimum absolute atomic E-state index is 0.0419. The lowest BCUT2D eigenvalue weighted by Crippen LogP contribution is -2.55. The van der Waals surface area contributed by atoms with Crippen LogP contribution in [0.15, 0.2) is 36.5 Å².